The second-order valence-corrected chi connectivity index (χ2v) is 6.45. The van der Waals surface area contributed by atoms with E-state index < -0.39 is 5.89 Å². The fourth-order valence-corrected chi connectivity index (χ4v) is 3.01. The molecule has 0 aliphatic heterocycles. The zero-order valence-corrected chi connectivity index (χ0v) is 14.8. The summed E-state index contributed by atoms with van der Waals surface area (Å²) in [5.41, 5.74) is 5.36. The van der Waals surface area contributed by atoms with Crippen LogP contribution < -0.4 is 4.57 Å². The van der Waals surface area contributed by atoms with Crippen LogP contribution in [0.25, 0.3) is 26.9 Å². The number of nitrogens with zero attached hydrogens (tertiary/aromatic N) is 2. The lowest BCUT2D eigenvalue weighted by Gasteiger charge is -2.14. The van der Waals surface area contributed by atoms with Gasteiger partial charge in [0.2, 0.25) is 5.69 Å². The second kappa shape index (κ2) is 6.09. The zero-order valence-electron chi connectivity index (χ0n) is 17.8. The summed E-state index contributed by atoms with van der Waals surface area (Å²) in [4.78, 5) is 3.47. The van der Waals surface area contributed by atoms with Gasteiger partial charge < -0.3 is 0 Å². The van der Waals surface area contributed by atoms with E-state index in [1.165, 1.54) is 0 Å². The van der Waals surface area contributed by atoms with Gasteiger partial charge in [0.15, 0.2) is 11.9 Å². The Kier molecular flexibility index (Phi) is 3.23. The number of rotatable bonds is 2. The smallest absolute Gasteiger partial charge is 0.220 e. The molecule has 1 aromatic heterocycles. The summed E-state index contributed by atoms with van der Waals surface area (Å²) in [5, 5.41) is 1.45. The molecule has 3 aromatic rings. The van der Waals surface area contributed by atoms with Crippen molar-refractivity contribution in [3.05, 3.63) is 70.7 Å². The van der Waals surface area contributed by atoms with Crippen LogP contribution in [0.1, 0.15) is 40.5 Å². The van der Waals surface area contributed by atoms with Gasteiger partial charge in [-0.05, 0) is 54.0 Å². The normalized spacial score (nSPS) is 13.2. The Labute approximate surface area is 148 Å². The minimum absolute atomic E-state index is 0.104. The summed E-state index contributed by atoms with van der Waals surface area (Å²) >= 11 is 0. The van der Waals surface area contributed by atoms with Gasteiger partial charge in [-0.3, -0.25) is 0 Å². The van der Waals surface area contributed by atoms with Crippen molar-refractivity contribution in [2.45, 2.75) is 33.6 Å². The molecular weight excluding hydrogens is 292 g/mol. The SMILES string of the molecule is [2H]c1c([2H])[n+](C)c(-c2cc(C([2H])(C)C)cc(C)c2C)c2ccc([N+]#[C-])cc12. The fourth-order valence-electron chi connectivity index (χ4n) is 3.01. The highest BCUT2D eigenvalue weighted by Crippen LogP contribution is 2.33. The van der Waals surface area contributed by atoms with E-state index in [0.29, 0.717) is 11.1 Å². The summed E-state index contributed by atoms with van der Waals surface area (Å²) < 4.78 is 26.9. The molecule has 0 radical (unpaired) electrons. The molecule has 24 heavy (non-hydrogen) atoms. The molecule has 0 aliphatic carbocycles. The topological polar surface area (TPSA) is 8.24 Å². The molecule has 0 N–H and O–H groups in total. The van der Waals surface area contributed by atoms with E-state index in [0.717, 1.165) is 33.3 Å². The van der Waals surface area contributed by atoms with Gasteiger partial charge in [0.25, 0.3) is 0 Å². The monoisotopic (exact) mass is 318 g/mol. The molecule has 2 heteroatoms. The summed E-state index contributed by atoms with van der Waals surface area (Å²) in [5.74, 6) is -0.738. The van der Waals surface area contributed by atoms with Gasteiger partial charge in [0.05, 0.1) is 18.9 Å². The maximum atomic E-state index is 8.44. The maximum Gasteiger partial charge on any atom is 0.220 e. The van der Waals surface area contributed by atoms with Gasteiger partial charge >= 0.3 is 0 Å². The Balaban J connectivity index is 2.49. The average molecular weight is 318 g/mol. The van der Waals surface area contributed by atoms with Crippen LogP contribution in [0, 0.1) is 20.4 Å². The molecule has 0 unspecified atom stereocenters. The van der Waals surface area contributed by atoms with Gasteiger partial charge in [0.1, 0.15) is 8.42 Å². The lowest BCUT2D eigenvalue weighted by Crippen LogP contribution is -2.30. The van der Waals surface area contributed by atoms with E-state index in [1.54, 1.807) is 23.7 Å². The first-order valence-electron chi connectivity index (χ1n) is 9.48. The highest BCUT2D eigenvalue weighted by molar-refractivity contribution is 5.95. The largest absolute Gasteiger partial charge is 0.238 e. The lowest BCUT2D eigenvalue weighted by atomic mass is 9.91. The summed E-state index contributed by atoms with van der Waals surface area (Å²) in [6.45, 7) is 15.1. The molecule has 0 bridgehead atoms. The van der Waals surface area contributed by atoms with E-state index >= 15 is 0 Å². The second-order valence-electron chi connectivity index (χ2n) is 6.45. The molecule has 0 saturated carbocycles. The van der Waals surface area contributed by atoms with E-state index in [9.17, 15) is 0 Å². The number of aryl methyl sites for hydroxylation is 1. The molecule has 0 fully saturated rings. The minimum Gasteiger partial charge on any atom is -0.238 e. The number of benzene rings is 2. The predicted molar refractivity (Wildman–Crippen MR) is 100 cm³/mol. The summed E-state index contributed by atoms with van der Waals surface area (Å²) in [6, 6.07) is 9.49. The molecule has 0 spiro atoms. The lowest BCUT2D eigenvalue weighted by molar-refractivity contribution is -0.659. The Morgan fingerprint density at radius 2 is 1.96 bits per heavy atom. The number of hydrogen-bond acceptors (Lipinski definition) is 0. The molecule has 2 nitrogen and oxygen atoms in total. The number of aromatic nitrogens is 1. The van der Waals surface area contributed by atoms with Crippen LogP contribution >= 0.6 is 0 Å². The van der Waals surface area contributed by atoms with Crippen molar-refractivity contribution in [3.8, 4) is 11.3 Å². The molecule has 1 heterocycles. The van der Waals surface area contributed by atoms with Crippen LogP contribution in [0.4, 0.5) is 5.69 Å². The van der Waals surface area contributed by atoms with Crippen LogP contribution in [-0.2, 0) is 7.05 Å². The van der Waals surface area contributed by atoms with E-state index in [2.05, 4.69) is 4.85 Å². The summed E-state index contributed by atoms with van der Waals surface area (Å²) in [7, 11) is 1.80. The Morgan fingerprint density at radius 3 is 2.62 bits per heavy atom. The highest BCUT2D eigenvalue weighted by Gasteiger charge is 2.19. The molecular formula is C22H23N2+. The van der Waals surface area contributed by atoms with Crippen molar-refractivity contribution in [1.29, 1.82) is 0 Å². The van der Waals surface area contributed by atoms with Crippen LogP contribution in [0.15, 0.2) is 42.5 Å². The number of hydrogen-bond donors (Lipinski definition) is 0. The van der Waals surface area contributed by atoms with Crippen molar-refractivity contribution in [2.75, 3.05) is 0 Å². The third kappa shape index (κ3) is 2.67. The molecule has 120 valence electrons. The molecule has 0 amide bonds. The molecule has 3 rings (SSSR count). The first-order chi connectivity index (χ1) is 12.6. The fraction of sp³-hybridized carbons (Fsp3) is 0.273. The average Bonchev–Trinajstić information content (AvgIpc) is 2.62. The van der Waals surface area contributed by atoms with Crippen LogP contribution in [-0.4, -0.2) is 0 Å². The molecule has 2 aromatic carbocycles. The van der Waals surface area contributed by atoms with Gasteiger partial charge in [-0.1, -0.05) is 32.0 Å². The standard InChI is InChI=1S/C22H23N2/c1-14(2)18-11-15(3)16(4)21(13-18)22-20-8-7-19(23-5)12-17(20)9-10-24(22)6/h7-14H,1-4,6H3/q+1/i9D,10D,14D. The Morgan fingerprint density at radius 1 is 1.21 bits per heavy atom. The maximum absolute atomic E-state index is 8.44. The molecule has 0 atom stereocenters. The molecule has 0 saturated heterocycles. The van der Waals surface area contributed by atoms with E-state index in [1.807, 2.05) is 45.9 Å². The third-order valence-corrected chi connectivity index (χ3v) is 4.58. The zero-order chi connectivity index (χ0) is 20.1. The van der Waals surface area contributed by atoms with Crippen molar-refractivity contribution in [2.24, 2.45) is 7.05 Å². The van der Waals surface area contributed by atoms with Gasteiger partial charge in [-0.25, -0.2) is 9.41 Å². The quantitative estimate of drug-likeness (QED) is 0.428. The van der Waals surface area contributed by atoms with Gasteiger partial charge in [-0.15, -0.1) is 0 Å². The van der Waals surface area contributed by atoms with Gasteiger partial charge in [-0.2, -0.15) is 0 Å². The van der Waals surface area contributed by atoms with Gasteiger partial charge in [0, 0.05) is 7.41 Å². The predicted octanol–water partition coefficient (Wildman–Crippen LogP) is 5.62. The van der Waals surface area contributed by atoms with Crippen molar-refractivity contribution >= 4 is 16.5 Å². The minimum atomic E-state index is -0.738. The van der Waals surface area contributed by atoms with E-state index in [-0.39, 0.29) is 12.2 Å². The number of fused-ring (bicyclic) bond motifs is 1. The van der Waals surface area contributed by atoms with E-state index in [4.69, 9.17) is 10.7 Å². The first-order valence-corrected chi connectivity index (χ1v) is 7.98. The van der Waals surface area contributed by atoms with Crippen molar-refractivity contribution in [1.82, 2.24) is 0 Å². The third-order valence-electron chi connectivity index (χ3n) is 4.58. The summed E-state index contributed by atoms with van der Waals surface area (Å²) in [6.07, 6.45) is 0.104. The number of pyridine rings is 1. The van der Waals surface area contributed by atoms with Crippen LogP contribution in [0.2, 0.25) is 0 Å². The van der Waals surface area contributed by atoms with Crippen molar-refractivity contribution in [3.63, 3.8) is 0 Å². The highest BCUT2D eigenvalue weighted by atomic mass is 14.9. The van der Waals surface area contributed by atoms with Crippen LogP contribution in [0.5, 0.6) is 0 Å². The molecule has 0 aliphatic rings. The first kappa shape index (κ1) is 12.7. The Hall–Kier alpha value is -2.66. The van der Waals surface area contributed by atoms with Crippen molar-refractivity contribution < 1.29 is 8.68 Å². The Bertz CT molecular complexity index is 1120. The van der Waals surface area contributed by atoms with Crippen LogP contribution in [0.3, 0.4) is 0 Å².